The van der Waals surface area contributed by atoms with E-state index in [1.807, 2.05) is 6.07 Å². The number of para-hydroxylation sites is 1. The van der Waals surface area contributed by atoms with Gasteiger partial charge in [0.05, 0.1) is 11.0 Å². The van der Waals surface area contributed by atoms with Crippen LogP contribution in [0.15, 0.2) is 182 Å². The molecule has 0 aliphatic rings. The first-order valence-electron chi connectivity index (χ1n) is 18.1. The lowest BCUT2D eigenvalue weighted by Gasteiger charge is -2.11. The maximum absolute atomic E-state index is 5.19. The highest BCUT2D eigenvalue weighted by Crippen LogP contribution is 2.40. The average Bonchev–Trinajstić information content (AvgIpc) is 3.78. The highest BCUT2D eigenvalue weighted by Gasteiger charge is 2.18. The third-order valence-electron chi connectivity index (χ3n) is 10.5. The zero-order valence-electron chi connectivity index (χ0n) is 29.0. The number of benzene rings is 8. The minimum absolute atomic E-state index is 0.639. The molecule has 0 aliphatic carbocycles. The summed E-state index contributed by atoms with van der Waals surface area (Å²) < 4.78 is 4.79. The first kappa shape index (κ1) is 30.7. The van der Waals surface area contributed by atoms with Crippen molar-refractivity contribution in [2.75, 3.05) is 0 Å². The molecule has 0 fully saturated rings. The van der Waals surface area contributed by atoms with Crippen LogP contribution in [0.1, 0.15) is 0 Å². The third-order valence-corrected chi connectivity index (χ3v) is 11.7. The molecule has 0 unspecified atom stereocenters. The van der Waals surface area contributed by atoms with Gasteiger partial charge in [-0.05, 0) is 76.5 Å². The summed E-state index contributed by atoms with van der Waals surface area (Å²) in [6.07, 6.45) is 0. The van der Waals surface area contributed by atoms with E-state index >= 15 is 0 Å². The third kappa shape index (κ3) is 5.01. The van der Waals surface area contributed by atoms with E-state index in [0.717, 1.165) is 27.9 Å². The van der Waals surface area contributed by atoms with Crippen molar-refractivity contribution in [3.8, 4) is 51.0 Å². The zero-order chi connectivity index (χ0) is 35.6. The molecule has 4 nitrogen and oxygen atoms in total. The Morgan fingerprint density at radius 3 is 1.72 bits per heavy atom. The van der Waals surface area contributed by atoms with Crippen LogP contribution in [-0.2, 0) is 0 Å². The van der Waals surface area contributed by atoms with Gasteiger partial charge in [0, 0.05) is 53.3 Å². The molecule has 0 amide bonds. The molecule has 252 valence electrons. The Kier molecular flexibility index (Phi) is 7.00. The Balaban J connectivity index is 1.07. The van der Waals surface area contributed by atoms with Gasteiger partial charge in [0.15, 0.2) is 17.5 Å². The van der Waals surface area contributed by atoms with Crippen molar-refractivity contribution in [3.63, 3.8) is 0 Å². The molecule has 0 bridgehead atoms. The number of hydrogen-bond donors (Lipinski definition) is 0. The Hall–Kier alpha value is -6.95. The standard InChI is InChI=1S/C49H30N4S/c1-2-11-31(12-3-1)32-21-23-33(24-22-32)47-50-48(52-49(51-47)41-18-10-17-40-39-16-7-9-20-45(39)54-46(40)41)34-25-27-37(28-26-34)53-43-19-8-6-15-38(43)42-29-35-13-4-5-14-36(35)30-44(42)53/h1-30H. The number of fused-ring (bicyclic) bond motifs is 7. The molecule has 0 radical (unpaired) electrons. The number of aromatic nitrogens is 4. The monoisotopic (exact) mass is 706 g/mol. The van der Waals surface area contributed by atoms with Gasteiger partial charge in [-0.25, -0.2) is 15.0 Å². The first-order valence-corrected chi connectivity index (χ1v) is 18.9. The lowest BCUT2D eigenvalue weighted by Crippen LogP contribution is -2.01. The second kappa shape index (κ2) is 12.3. The summed E-state index contributed by atoms with van der Waals surface area (Å²) in [6, 6.07) is 64.4. The predicted octanol–water partition coefficient (Wildman–Crippen LogP) is 13.2. The summed E-state index contributed by atoms with van der Waals surface area (Å²) in [5, 5.41) is 7.41. The van der Waals surface area contributed by atoms with Crippen LogP contribution in [0, 0.1) is 0 Å². The van der Waals surface area contributed by atoms with Crippen molar-refractivity contribution in [2.45, 2.75) is 0 Å². The molecule has 0 saturated carbocycles. The SMILES string of the molecule is c1ccc(-c2ccc(-c3nc(-c4ccc(-n5c6ccccc6c6cc7ccccc7cc65)cc4)nc(-c4cccc5c4sc4ccccc45)n3)cc2)cc1. The summed E-state index contributed by atoms with van der Waals surface area (Å²) in [7, 11) is 0. The molecule has 3 heterocycles. The maximum Gasteiger partial charge on any atom is 0.165 e. The highest BCUT2D eigenvalue weighted by atomic mass is 32.1. The van der Waals surface area contributed by atoms with Crippen molar-refractivity contribution in [1.82, 2.24) is 19.5 Å². The van der Waals surface area contributed by atoms with Gasteiger partial charge < -0.3 is 4.57 Å². The minimum Gasteiger partial charge on any atom is -0.309 e. The minimum atomic E-state index is 0.639. The molecular formula is C49H30N4S. The Labute approximate surface area is 315 Å². The van der Waals surface area contributed by atoms with Gasteiger partial charge in [0.2, 0.25) is 0 Å². The van der Waals surface area contributed by atoms with E-state index in [2.05, 4.69) is 180 Å². The van der Waals surface area contributed by atoms with E-state index in [1.165, 1.54) is 58.3 Å². The maximum atomic E-state index is 5.19. The normalized spacial score (nSPS) is 11.7. The Morgan fingerprint density at radius 1 is 0.370 bits per heavy atom. The van der Waals surface area contributed by atoms with Crippen LogP contribution in [0.4, 0.5) is 0 Å². The molecule has 5 heteroatoms. The lowest BCUT2D eigenvalue weighted by molar-refractivity contribution is 1.08. The van der Waals surface area contributed by atoms with E-state index in [-0.39, 0.29) is 0 Å². The summed E-state index contributed by atoms with van der Waals surface area (Å²) in [6.45, 7) is 0. The Bertz CT molecular complexity index is 3200. The van der Waals surface area contributed by atoms with Crippen molar-refractivity contribution in [1.29, 1.82) is 0 Å². The molecular weight excluding hydrogens is 677 g/mol. The molecule has 8 aromatic carbocycles. The van der Waals surface area contributed by atoms with E-state index in [9.17, 15) is 0 Å². The van der Waals surface area contributed by atoms with Crippen molar-refractivity contribution >= 4 is 64.1 Å². The van der Waals surface area contributed by atoms with E-state index in [0.29, 0.717) is 17.5 Å². The molecule has 3 aromatic heterocycles. The summed E-state index contributed by atoms with van der Waals surface area (Å²) in [5.41, 5.74) is 8.65. The van der Waals surface area contributed by atoms with Crippen LogP contribution in [0.2, 0.25) is 0 Å². The van der Waals surface area contributed by atoms with Crippen LogP contribution >= 0.6 is 11.3 Å². The fourth-order valence-electron chi connectivity index (χ4n) is 7.81. The topological polar surface area (TPSA) is 43.6 Å². The molecule has 11 aromatic rings. The second-order valence-corrected chi connectivity index (χ2v) is 14.7. The fourth-order valence-corrected chi connectivity index (χ4v) is 9.02. The van der Waals surface area contributed by atoms with Gasteiger partial charge in [-0.2, -0.15) is 0 Å². The molecule has 0 N–H and O–H groups in total. The van der Waals surface area contributed by atoms with Gasteiger partial charge >= 0.3 is 0 Å². The van der Waals surface area contributed by atoms with Gasteiger partial charge in [-0.15, -0.1) is 11.3 Å². The van der Waals surface area contributed by atoms with Gasteiger partial charge in [-0.3, -0.25) is 0 Å². The van der Waals surface area contributed by atoms with Crippen LogP contribution in [0.3, 0.4) is 0 Å². The van der Waals surface area contributed by atoms with Crippen LogP contribution in [0.5, 0.6) is 0 Å². The molecule has 0 atom stereocenters. The van der Waals surface area contributed by atoms with E-state index < -0.39 is 0 Å². The number of rotatable bonds is 5. The molecule has 0 saturated heterocycles. The number of thiophene rings is 1. The average molecular weight is 707 g/mol. The largest absolute Gasteiger partial charge is 0.309 e. The van der Waals surface area contributed by atoms with Crippen LogP contribution in [-0.4, -0.2) is 19.5 Å². The lowest BCUT2D eigenvalue weighted by atomic mass is 10.0. The summed E-state index contributed by atoms with van der Waals surface area (Å²) in [4.78, 5) is 15.5. The van der Waals surface area contributed by atoms with Gasteiger partial charge in [0.25, 0.3) is 0 Å². The van der Waals surface area contributed by atoms with E-state index in [4.69, 9.17) is 15.0 Å². The zero-order valence-corrected chi connectivity index (χ0v) is 29.8. The van der Waals surface area contributed by atoms with Crippen molar-refractivity contribution in [2.24, 2.45) is 0 Å². The number of nitrogens with zero attached hydrogens (tertiary/aromatic N) is 4. The van der Waals surface area contributed by atoms with Crippen molar-refractivity contribution < 1.29 is 0 Å². The van der Waals surface area contributed by atoms with Gasteiger partial charge in [-0.1, -0.05) is 127 Å². The first-order chi connectivity index (χ1) is 26.7. The number of hydrogen-bond acceptors (Lipinski definition) is 4. The molecule has 0 aliphatic heterocycles. The smallest absolute Gasteiger partial charge is 0.165 e. The molecule has 54 heavy (non-hydrogen) atoms. The fraction of sp³-hybridized carbons (Fsp3) is 0. The molecule has 11 rings (SSSR count). The van der Waals surface area contributed by atoms with Crippen LogP contribution < -0.4 is 0 Å². The second-order valence-electron chi connectivity index (χ2n) is 13.6. The predicted molar refractivity (Wildman–Crippen MR) is 226 cm³/mol. The quantitative estimate of drug-likeness (QED) is 0.179. The Morgan fingerprint density at radius 2 is 0.944 bits per heavy atom. The summed E-state index contributed by atoms with van der Waals surface area (Å²) in [5.74, 6) is 1.95. The molecule has 0 spiro atoms. The highest BCUT2D eigenvalue weighted by molar-refractivity contribution is 7.26. The van der Waals surface area contributed by atoms with Crippen molar-refractivity contribution in [3.05, 3.63) is 182 Å². The van der Waals surface area contributed by atoms with Gasteiger partial charge in [0.1, 0.15) is 0 Å². The summed E-state index contributed by atoms with van der Waals surface area (Å²) >= 11 is 1.79. The van der Waals surface area contributed by atoms with Crippen LogP contribution in [0.25, 0.3) is 104 Å². The van der Waals surface area contributed by atoms with E-state index in [1.54, 1.807) is 11.3 Å².